The van der Waals surface area contributed by atoms with E-state index in [2.05, 4.69) is 5.32 Å². The van der Waals surface area contributed by atoms with E-state index in [9.17, 15) is 23.1 Å². The van der Waals surface area contributed by atoms with E-state index >= 15 is 0 Å². The van der Waals surface area contributed by atoms with Gasteiger partial charge in [0.1, 0.15) is 12.1 Å². The van der Waals surface area contributed by atoms with Crippen molar-refractivity contribution in [1.82, 2.24) is 5.32 Å². The van der Waals surface area contributed by atoms with Crippen molar-refractivity contribution in [2.75, 3.05) is 6.61 Å². The molecule has 0 spiro atoms. The molecule has 0 aromatic rings. The minimum absolute atomic E-state index is 0.106. The van der Waals surface area contributed by atoms with Crippen molar-refractivity contribution in [3.63, 3.8) is 0 Å². The van der Waals surface area contributed by atoms with Crippen molar-refractivity contribution < 1.29 is 27.8 Å². The van der Waals surface area contributed by atoms with Crippen LogP contribution in [-0.2, 0) is 9.53 Å². The van der Waals surface area contributed by atoms with Gasteiger partial charge in [-0.3, -0.25) is 10.1 Å². The van der Waals surface area contributed by atoms with Gasteiger partial charge >= 0.3 is 12.1 Å². The summed E-state index contributed by atoms with van der Waals surface area (Å²) in [7, 11) is 0. The van der Waals surface area contributed by atoms with Crippen LogP contribution in [0.15, 0.2) is 0 Å². The Morgan fingerprint density at radius 1 is 1.39 bits per heavy atom. The first-order valence-corrected chi connectivity index (χ1v) is 6.00. The Morgan fingerprint density at radius 2 is 2.06 bits per heavy atom. The molecule has 0 saturated heterocycles. The van der Waals surface area contributed by atoms with Gasteiger partial charge in [0.05, 0.1) is 6.10 Å². The minimum atomic E-state index is -4.36. The zero-order valence-corrected chi connectivity index (χ0v) is 9.79. The third-order valence-electron chi connectivity index (χ3n) is 3.42. The topological polar surface area (TPSA) is 58.6 Å². The van der Waals surface area contributed by atoms with Crippen LogP contribution in [0.4, 0.5) is 13.2 Å². The fourth-order valence-electron chi connectivity index (χ4n) is 2.36. The molecule has 0 heterocycles. The van der Waals surface area contributed by atoms with Crippen LogP contribution in [0.3, 0.4) is 0 Å². The number of carboxylic acids is 1. The van der Waals surface area contributed by atoms with Crippen molar-refractivity contribution in [2.24, 2.45) is 0 Å². The molecule has 2 rings (SSSR count). The number of carbonyl (C=O) groups is 1. The number of ether oxygens (including phenoxy) is 1. The van der Waals surface area contributed by atoms with Crippen molar-refractivity contribution in [3.8, 4) is 0 Å². The molecule has 2 aliphatic carbocycles. The van der Waals surface area contributed by atoms with E-state index in [1.54, 1.807) is 0 Å². The summed E-state index contributed by atoms with van der Waals surface area (Å²) in [5, 5.41) is 12.3. The molecule has 18 heavy (non-hydrogen) atoms. The highest BCUT2D eigenvalue weighted by Gasteiger charge is 2.49. The lowest BCUT2D eigenvalue weighted by molar-refractivity contribution is -0.185. The van der Waals surface area contributed by atoms with Gasteiger partial charge in [-0.05, 0) is 25.7 Å². The Labute approximate surface area is 102 Å². The maximum Gasteiger partial charge on any atom is 0.411 e. The summed E-state index contributed by atoms with van der Waals surface area (Å²) in [6.07, 6.45) is -2.35. The predicted octanol–water partition coefficient (Wildman–Crippen LogP) is 1.69. The highest BCUT2D eigenvalue weighted by Crippen LogP contribution is 2.36. The van der Waals surface area contributed by atoms with Gasteiger partial charge < -0.3 is 9.84 Å². The van der Waals surface area contributed by atoms with E-state index in [1.807, 2.05) is 0 Å². The molecule has 2 unspecified atom stereocenters. The number of halogens is 3. The predicted molar refractivity (Wildman–Crippen MR) is 56.2 cm³/mol. The second kappa shape index (κ2) is 4.70. The fourth-order valence-corrected chi connectivity index (χ4v) is 2.36. The van der Waals surface area contributed by atoms with Gasteiger partial charge in [-0.2, -0.15) is 13.2 Å². The average Bonchev–Trinajstić information content (AvgIpc) is 2.93. The van der Waals surface area contributed by atoms with Crippen molar-refractivity contribution in [1.29, 1.82) is 0 Å². The Morgan fingerprint density at radius 3 is 2.56 bits per heavy atom. The molecule has 2 atom stereocenters. The molecular weight excluding hydrogens is 251 g/mol. The van der Waals surface area contributed by atoms with Gasteiger partial charge in [0.25, 0.3) is 0 Å². The molecular formula is C11H16F3NO3. The molecule has 7 heteroatoms. The Bertz CT molecular complexity index is 330. The van der Waals surface area contributed by atoms with Crippen LogP contribution in [0.5, 0.6) is 0 Å². The first-order valence-electron chi connectivity index (χ1n) is 6.00. The van der Waals surface area contributed by atoms with Crippen LogP contribution in [-0.4, -0.2) is 41.5 Å². The fraction of sp³-hybridized carbons (Fsp3) is 0.909. The van der Waals surface area contributed by atoms with Crippen molar-refractivity contribution in [2.45, 2.75) is 56.0 Å². The van der Waals surface area contributed by atoms with Gasteiger partial charge in [0.2, 0.25) is 0 Å². The number of hydrogen-bond acceptors (Lipinski definition) is 3. The van der Waals surface area contributed by atoms with Gasteiger partial charge in [-0.15, -0.1) is 0 Å². The highest BCUT2D eigenvalue weighted by molar-refractivity contribution is 5.79. The van der Waals surface area contributed by atoms with E-state index < -0.39 is 30.4 Å². The summed E-state index contributed by atoms with van der Waals surface area (Å²) in [5.41, 5.74) is -1.10. The third-order valence-corrected chi connectivity index (χ3v) is 3.42. The molecule has 0 bridgehead atoms. The van der Waals surface area contributed by atoms with E-state index in [-0.39, 0.29) is 12.5 Å². The molecule has 0 aliphatic heterocycles. The maximum atomic E-state index is 12.0. The number of rotatable bonds is 5. The van der Waals surface area contributed by atoms with Gasteiger partial charge in [-0.1, -0.05) is 0 Å². The van der Waals surface area contributed by atoms with Gasteiger partial charge in [0.15, 0.2) is 0 Å². The summed E-state index contributed by atoms with van der Waals surface area (Å²) < 4.78 is 40.8. The first-order chi connectivity index (χ1) is 8.31. The Balaban J connectivity index is 1.89. The summed E-state index contributed by atoms with van der Waals surface area (Å²) in [6.45, 7) is -1.31. The number of alkyl halides is 3. The van der Waals surface area contributed by atoms with Crippen LogP contribution < -0.4 is 5.32 Å². The Hall–Kier alpha value is -0.820. The van der Waals surface area contributed by atoms with E-state index in [0.29, 0.717) is 12.8 Å². The minimum Gasteiger partial charge on any atom is -0.480 e. The molecule has 2 aliphatic rings. The molecule has 4 nitrogen and oxygen atoms in total. The van der Waals surface area contributed by atoms with Crippen LogP contribution in [0, 0.1) is 0 Å². The normalized spacial score (nSPS) is 32.7. The van der Waals surface area contributed by atoms with Gasteiger partial charge in [-0.25, -0.2) is 0 Å². The molecule has 0 aromatic heterocycles. The lowest BCUT2D eigenvalue weighted by Crippen LogP contribution is -2.51. The Kier molecular flexibility index (Phi) is 3.55. The summed E-state index contributed by atoms with van der Waals surface area (Å²) in [5.74, 6) is -0.993. The van der Waals surface area contributed by atoms with Crippen molar-refractivity contribution in [3.05, 3.63) is 0 Å². The summed E-state index contributed by atoms with van der Waals surface area (Å²) in [6, 6.07) is 0.197. The second-order valence-electron chi connectivity index (χ2n) is 5.10. The third kappa shape index (κ3) is 3.35. The molecule has 2 N–H and O–H groups in total. The molecule has 0 radical (unpaired) electrons. The van der Waals surface area contributed by atoms with E-state index in [4.69, 9.17) is 4.74 Å². The largest absolute Gasteiger partial charge is 0.480 e. The molecule has 2 fully saturated rings. The first kappa shape index (κ1) is 13.6. The van der Waals surface area contributed by atoms with E-state index in [0.717, 1.165) is 12.8 Å². The lowest BCUT2D eigenvalue weighted by atomic mass is 9.97. The summed E-state index contributed by atoms with van der Waals surface area (Å²) >= 11 is 0. The second-order valence-corrected chi connectivity index (χ2v) is 5.10. The standard InChI is InChI=1S/C11H16F3NO3/c12-11(13,14)6-18-8-3-4-10(5-8,9(16)17)15-7-1-2-7/h7-8,15H,1-6H2,(H,16,17). The molecule has 0 amide bonds. The molecule has 0 aromatic carbocycles. The van der Waals surface area contributed by atoms with Crippen LogP contribution >= 0.6 is 0 Å². The SMILES string of the molecule is O=C(O)C1(NC2CC2)CCC(OCC(F)(F)F)C1. The number of carboxylic acid groups (broad SMARTS) is 1. The molecule has 2 saturated carbocycles. The van der Waals surface area contributed by atoms with Crippen LogP contribution in [0.1, 0.15) is 32.1 Å². The number of hydrogen-bond donors (Lipinski definition) is 2. The van der Waals surface area contributed by atoms with Crippen LogP contribution in [0.2, 0.25) is 0 Å². The lowest BCUT2D eigenvalue weighted by Gasteiger charge is -2.26. The number of nitrogens with one attached hydrogen (secondary N) is 1. The van der Waals surface area contributed by atoms with Crippen LogP contribution in [0.25, 0.3) is 0 Å². The summed E-state index contributed by atoms with van der Waals surface area (Å²) in [4.78, 5) is 11.3. The zero-order valence-electron chi connectivity index (χ0n) is 9.79. The smallest absolute Gasteiger partial charge is 0.411 e. The van der Waals surface area contributed by atoms with E-state index in [1.165, 1.54) is 0 Å². The zero-order chi connectivity index (χ0) is 13.4. The monoisotopic (exact) mass is 267 g/mol. The van der Waals surface area contributed by atoms with Gasteiger partial charge in [0, 0.05) is 12.5 Å². The van der Waals surface area contributed by atoms with Crippen molar-refractivity contribution >= 4 is 5.97 Å². The average molecular weight is 267 g/mol. The maximum absolute atomic E-state index is 12.0. The highest BCUT2D eigenvalue weighted by atomic mass is 19.4. The number of aliphatic carboxylic acids is 1. The quantitative estimate of drug-likeness (QED) is 0.796. The molecule has 104 valence electrons.